The lowest BCUT2D eigenvalue weighted by Crippen LogP contribution is -2.18. The first-order chi connectivity index (χ1) is 13.6. The maximum Gasteiger partial charge on any atom is 0.251 e. The minimum absolute atomic E-state index is 0.132. The molecule has 0 unspecified atom stereocenters. The molecule has 28 heavy (non-hydrogen) atoms. The first-order valence-corrected chi connectivity index (χ1v) is 8.57. The smallest absolute Gasteiger partial charge is 0.251 e. The Hall–Kier alpha value is -4.01. The summed E-state index contributed by atoms with van der Waals surface area (Å²) in [5, 5.41) is 9.60. The fraction of sp³-hybridized carbons (Fsp3) is 0.105. The van der Waals surface area contributed by atoms with Crippen LogP contribution in [0, 0.1) is 0 Å². The van der Waals surface area contributed by atoms with E-state index in [-0.39, 0.29) is 24.3 Å². The number of hydrogen-bond donors (Lipinski definition) is 2. The third kappa shape index (κ3) is 3.58. The molecule has 0 atom stereocenters. The SMILES string of the molecule is CNC(=O)c1cccc(-c2ccc3nc(NC(=O)Cn4ccnc4)nn3c2)c1. The second-order valence-corrected chi connectivity index (χ2v) is 6.10. The number of pyridine rings is 1. The van der Waals surface area contributed by atoms with Crippen molar-refractivity contribution in [1.29, 1.82) is 0 Å². The summed E-state index contributed by atoms with van der Waals surface area (Å²) in [6, 6.07) is 11.0. The van der Waals surface area contributed by atoms with Crippen LogP contribution in [0.15, 0.2) is 61.3 Å². The second kappa shape index (κ2) is 7.31. The van der Waals surface area contributed by atoms with Gasteiger partial charge in [0.2, 0.25) is 11.9 Å². The first kappa shape index (κ1) is 17.4. The van der Waals surface area contributed by atoms with Gasteiger partial charge in [-0.1, -0.05) is 12.1 Å². The Morgan fingerprint density at radius 1 is 1.14 bits per heavy atom. The highest BCUT2D eigenvalue weighted by Gasteiger charge is 2.10. The minimum atomic E-state index is -0.243. The number of anilines is 1. The molecule has 0 radical (unpaired) electrons. The van der Waals surface area contributed by atoms with Crippen LogP contribution in [0.3, 0.4) is 0 Å². The number of aromatic nitrogens is 5. The maximum atomic E-state index is 12.1. The number of nitrogens with one attached hydrogen (secondary N) is 2. The van der Waals surface area contributed by atoms with Crippen LogP contribution >= 0.6 is 0 Å². The molecule has 4 aromatic rings. The number of benzene rings is 1. The molecule has 9 nitrogen and oxygen atoms in total. The quantitative estimate of drug-likeness (QED) is 0.551. The predicted octanol–water partition coefficient (Wildman–Crippen LogP) is 1.59. The molecule has 9 heteroatoms. The molecule has 0 aliphatic rings. The molecule has 4 rings (SSSR count). The fourth-order valence-electron chi connectivity index (χ4n) is 2.80. The van der Waals surface area contributed by atoms with Crippen molar-refractivity contribution in [3.63, 3.8) is 0 Å². The summed E-state index contributed by atoms with van der Waals surface area (Å²) in [5.74, 6) is -0.166. The standard InChI is InChI=1S/C19H17N7O2/c1-20-18(28)14-4-2-3-13(9-14)15-5-6-16-22-19(24-26(16)10-15)23-17(27)11-25-8-7-21-12-25/h2-10,12H,11H2,1H3,(H,20,28)(H,23,24,27). The number of carbonyl (C=O) groups is 2. The van der Waals surface area contributed by atoms with Gasteiger partial charge < -0.3 is 9.88 Å². The molecule has 2 amide bonds. The van der Waals surface area contributed by atoms with E-state index < -0.39 is 0 Å². The molecule has 0 saturated carbocycles. The van der Waals surface area contributed by atoms with Crippen LogP contribution < -0.4 is 10.6 Å². The molecule has 0 bridgehead atoms. The van der Waals surface area contributed by atoms with Crippen LogP contribution in [0.2, 0.25) is 0 Å². The van der Waals surface area contributed by atoms with Crippen molar-refractivity contribution in [1.82, 2.24) is 29.5 Å². The van der Waals surface area contributed by atoms with Gasteiger partial charge in [-0.3, -0.25) is 14.9 Å². The predicted molar refractivity (Wildman–Crippen MR) is 103 cm³/mol. The molecule has 0 aliphatic carbocycles. The molecule has 0 spiro atoms. The molecule has 140 valence electrons. The maximum absolute atomic E-state index is 12.1. The summed E-state index contributed by atoms with van der Waals surface area (Å²) in [6.07, 6.45) is 6.68. The number of carbonyl (C=O) groups excluding carboxylic acids is 2. The summed E-state index contributed by atoms with van der Waals surface area (Å²) in [4.78, 5) is 32.1. The van der Waals surface area contributed by atoms with E-state index in [4.69, 9.17) is 0 Å². The number of nitrogens with zero attached hydrogens (tertiary/aromatic N) is 5. The molecule has 0 aliphatic heterocycles. The van der Waals surface area contributed by atoms with Crippen molar-refractivity contribution in [2.75, 3.05) is 12.4 Å². The Morgan fingerprint density at radius 3 is 2.82 bits per heavy atom. The Kier molecular flexibility index (Phi) is 4.55. The molecular formula is C19H17N7O2. The van der Waals surface area contributed by atoms with Gasteiger partial charge in [-0.05, 0) is 29.8 Å². The number of hydrogen-bond acceptors (Lipinski definition) is 5. The molecular weight excluding hydrogens is 358 g/mol. The first-order valence-electron chi connectivity index (χ1n) is 8.57. The normalized spacial score (nSPS) is 10.8. The van der Waals surface area contributed by atoms with Crippen LogP contribution in [-0.4, -0.2) is 43.0 Å². The third-order valence-electron chi connectivity index (χ3n) is 4.15. The zero-order chi connectivity index (χ0) is 19.5. The largest absolute Gasteiger partial charge is 0.355 e. The summed E-state index contributed by atoms with van der Waals surface area (Å²) in [5.41, 5.74) is 2.93. The van der Waals surface area contributed by atoms with Gasteiger partial charge in [-0.25, -0.2) is 9.50 Å². The molecule has 2 N–H and O–H groups in total. The van der Waals surface area contributed by atoms with Crippen LogP contribution in [0.5, 0.6) is 0 Å². The Balaban J connectivity index is 1.56. The zero-order valence-electron chi connectivity index (χ0n) is 15.0. The van der Waals surface area contributed by atoms with E-state index in [1.54, 1.807) is 53.2 Å². The summed E-state index contributed by atoms with van der Waals surface area (Å²) >= 11 is 0. The number of amides is 2. The summed E-state index contributed by atoms with van der Waals surface area (Å²) in [6.45, 7) is 0.132. The van der Waals surface area contributed by atoms with Crippen LogP contribution in [0.1, 0.15) is 10.4 Å². The van der Waals surface area contributed by atoms with Crippen molar-refractivity contribution in [3.05, 3.63) is 66.9 Å². The highest BCUT2D eigenvalue weighted by molar-refractivity contribution is 5.95. The number of rotatable bonds is 5. The van der Waals surface area contributed by atoms with Crippen LogP contribution in [-0.2, 0) is 11.3 Å². The van der Waals surface area contributed by atoms with Crippen molar-refractivity contribution >= 4 is 23.4 Å². The van der Waals surface area contributed by atoms with E-state index in [9.17, 15) is 9.59 Å². The number of fused-ring (bicyclic) bond motifs is 1. The zero-order valence-corrected chi connectivity index (χ0v) is 15.0. The van der Waals surface area contributed by atoms with E-state index in [2.05, 4.69) is 25.7 Å². The minimum Gasteiger partial charge on any atom is -0.355 e. The van der Waals surface area contributed by atoms with Crippen LogP contribution in [0.4, 0.5) is 5.95 Å². The molecule has 0 saturated heterocycles. The summed E-state index contributed by atoms with van der Waals surface area (Å²) in [7, 11) is 1.60. The van der Waals surface area contributed by atoms with Crippen molar-refractivity contribution < 1.29 is 9.59 Å². The van der Waals surface area contributed by atoms with E-state index in [0.29, 0.717) is 11.2 Å². The lowest BCUT2D eigenvalue weighted by molar-refractivity contribution is -0.116. The van der Waals surface area contributed by atoms with Gasteiger partial charge in [0.1, 0.15) is 6.54 Å². The van der Waals surface area contributed by atoms with Gasteiger partial charge in [0.15, 0.2) is 5.65 Å². The topological polar surface area (TPSA) is 106 Å². The average molecular weight is 375 g/mol. The van der Waals surface area contributed by atoms with E-state index >= 15 is 0 Å². The summed E-state index contributed by atoms with van der Waals surface area (Å²) < 4.78 is 3.25. The van der Waals surface area contributed by atoms with E-state index in [0.717, 1.165) is 11.1 Å². The van der Waals surface area contributed by atoms with Gasteiger partial charge in [-0.15, -0.1) is 5.10 Å². The lowest BCUT2D eigenvalue weighted by Gasteiger charge is -2.05. The van der Waals surface area contributed by atoms with Gasteiger partial charge in [0.05, 0.1) is 6.33 Å². The highest BCUT2D eigenvalue weighted by Crippen LogP contribution is 2.21. The Labute approximate surface area is 160 Å². The molecule has 3 aromatic heterocycles. The Bertz CT molecular complexity index is 1150. The Morgan fingerprint density at radius 2 is 2.04 bits per heavy atom. The van der Waals surface area contributed by atoms with E-state index in [1.165, 1.54) is 0 Å². The lowest BCUT2D eigenvalue weighted by atomic mass is 10.0. The molecule has 1 aromatic carbocycles. The van der Waals surface area contributed by atoms with Gasteiger partial charge in [0.25, 0.3) is 5.91 Å². The molecule has 3 heterocycles. The average Bonchev–Trinajstić information content (AvgIpc) is 3.35. The van der Waals surface area contributed by atoms with Gasteiger partial charge in [0, 0.05) is 36.8 Å². The highest BCUT2D eigenvalue weighted by atomic mass is 16.2. The monoisotopic (exact) mass is 375 g/mol. The van der Waals surface area contributed by atoms with Crippen molar-refractivity contribution in [3.8, 4) is 11.1 Å². The third-order valence-corrected chi connectivity index (χ3v) is 4.15. The molecule has 0 fully saturated rings. The van der Waals surface area contributed by atoms with Crippen molar-refractivity contribution in [2.24, 2.45) is 0 Å². The second-order valence-electron chi connectivity index (χ2n) is 6.10. The fourth-order valence-corrected chi connectivity index (χ4v) is 2.80. The van der Waals surface area contributed by atoms with E-state index in [1.807, 2.05) is 24.3 Å². The van der Waals surface area contributed by atoms with Gasteiger partial charge in [-0.2, -0.15) is 4.98 Å². The van der Waals surface area contributed by atoms with Crippen molar-refractivity contribution in [2.45, 2.75) is 6.54 Å². The van der Waals surface area contributed by atoms with Gasteiger partial charge >= 0.3 is 0 Å². The van der Waals surface area contributed by atoms with Crippen LogP contribution in [0.25, 0.3) is 16.8 Å². The number of imidazole rings is 1.